The average molecular weight is 291 g/mol. The molecule has 0 aliphatic carbocycles. The first kappa shape index (κ1) is 15.2. The van der Waals surface area contributed by atoms with Crippen LogP contribution < -0.4 is 16.0 Å². The number of esters is 1. The number of likely N-dealkylation sites (N-methyl/N-ethyl adjacent to an activating group) is 1. The summed E-state index contributed by atoms with van der Waals surface area (Å²) in [6, 6.07) is 4.97. The molecular weight excluding hydrogens is 270 g/mol. The van der Waals surface area contributed by atoms with Crippen molar-refractivity contribution in [3.8, 4) is 0 Å². The molecule has 114 valence electrons. The number of nitrogens with two attached hydrogens (primary N) is 1. The first-order valence-electron chi connectivity index (χ1n) is 7.05. The van der Waals surface area contributed by atoms with E-state index in [0.29, 0.717) is 16.9 Å². The Morgan fingerprint density at radius 2 is 2.14 bits per heavy atom. The van der Waals surface area contributed by atoms with E-state index >= 15 is 0 Å². The van der Waals surface area contributed by atoms with Gasteiger partial charge in [0.2, 0.25) is 5.91 Å². The highest BCUT2D eigenvalue weighted by atomic mass is 16.5. The average Bonchev–Trinajstić information content (AvgIpc) is 2.53. The third kappa shape index (κ3) is 2.94. The molecule has 1 unspecified atom stereocenters. The number of carbonyl (C=O) groups excluding carboxylic acids is 2. The van der Waals surface area contributed by atoms with Crippen molar-refractivity contribution in [3.05, 3.63) is 23.8 Å². The first-order chi connectivity index (χ1) is 10.1. The number of piperidine rings is 1. The smallest absolute Gasteiger partial charge is 0.340 e. The molecule has 0 radical (unpaired) electrons. The highest BCUT2D eigenvalue weighted by Gasteiger charge is 2.30. The van der Waals surface area contributed by atoms with Crippen LogP contribution in [0.25, 0.3) is 0 Å². The number of nitrogens with one attached hydrogen (secondary N) is 1. The lowest BCUT2D eigenvalue weighted by Gasteiger charge is -2.37. The van der Waals surface area contributed by atoms with Gasteiger partial charge in [0.1, 0.15) is 6.04 Å². The van der Waals surface area contributed by atoms with E-state index in [-0.39, 0.29) is 11.9 Å². The van der Waals surface area contributed by atoms with Crippen LogP contribution in [0.15, 0.2) is 18.2 Å². The SMILES string of the molecule is CNC(=O)C1CCCCN1c1cccc(C(=O)OC)c1N. The summed E-state index contributed by atoms with van der Waals surface area (Å²) >= 11 is 0. The molecule has 6 heteroatoms. The van der Waals surface area contributed by atoms with Crippen LogP contribution in [-0.2, 0) is 9.53 Å². The van der Waals surface area contributed by atoms with E-state index in [1.54, 1.807) is 19.2 Å². The van der Waals surface area contributed by atoms with Crippen LogP contribution >= 0.6 is 0 Å². The van der Waals surface area contributed by atoms with Crippen molar-refractivity contribution in [2.45, 2.75) is 25.3 Å². The van der Waals surface area contributed by atoms with Crippen LogP contribution in [-0.4, -0.2) is 38.6 Å². The number of hydrogen-bond donors (Lipinski definition) is 2. The molecule has 1 atom stereocenters. The number of carbonyl (C=O) groups is 2. The van der Waals surface area contributed by atoms with Crippen molar-refractivity contribution in [1.29, 1.82) is 0 Å². The zero-order valence-corrected chi connectivity index (χ0v) is 12.4. The Labute approximate surface area is 124 Å². The maximum Gasteiger partial charge on any atom is 0.340 e. The van der Waals surface area contributed by atoms with Crippen molar-refractivity contribution in [2.75, 3.05) is 31.3 Å². The second kappa shape index (κ2) is 6.47. The van der Waals surface area contributed by atoms with E-state index in [2.05, 4.69) is 5.32 Å². The van der Waals surface area contributed by atoms with Gasteiger partial charge in [-0.15, -0.1) is 0 Å². The molecule has 6 nitrogen and oxygen atoms in total. The molecule has 2 rings (SSSR count). The van der Waals surface area contributed by atoms with Gasteiger partial charge >= 0.3 is 5.97 Å². The fourth-order valence-electron chi connectivity index (χ4n) is 2.75. The molecule has 1 fully saturated rings. The van der Waals surface area contributed by atoms with Gasteiger partial charge in [-0.25, -0.2) is 4.79 Å². The van der Waals surface area contributed by atoms with Gasteiger partial charge in [0.15, 0.2) is 0 Å². The Hall–Kier alpha value is -2.24. The van der Waals surface area contributed by atoms with Gasteiger partial charge in [0.25, 0.3) is 0 Å². The summed E-state index contributed by atoms with van der Waals surface area (Å²) in [4.78, 5) is 25.8. The van der Waals surface area contributed by atoms with Gasteiger partial charge in [0, 0.05) is 13.6 Å². The molecule has 1 aliphatic heterocycles. The molecule has 1 heterocycles. The predicted molar refractivity (Wildman–Crippen MR) is 81.2 cm³/mol. The predicted octanol–water partition coefficient (Wildman–Crippen LogP) is 1.16. The van der Waals surface area contributed by atoms with Gasteiger partial charge in [-0.3, -0.25) is 4.79 Å². The van der Waals surface area contributed by atoms with Crippen LogP contribution in [0.1, 0.15) is 29.6 Å². The maximum absolute atomic E-state index is 12.1. The lowest BCUT2D eigenvalue weighted by Crippen LogP contribution is -2.49. The second-order valence-corrected chi connectivity index (χ2v) is 5.05. The molecular formula is C15H21N3O3. The Kier molecular flexibility index (Phi) is 4.67. The number of para-hydroxylation sites is 1. The van der Waals surface area contributed by atoms with Gasteiger partial charge in [0.05, 0.1) is 24.0 Å². The van der Waals surface area contributed by atoms with Crippen LogP contribution in [0, 0.1) is 0 Å². The molecule has 0 spiro atoms. The standard InChI is InChI=1S/C15H21N3O3/c1-17-14(19)12-7-3-4-9-18(12)11-8-5-6-10(13(11)16)15(20)21-2/h5-6,8,12H,3-4,7,9,16H2,1-2H3,(H,17,19). The molecule has 3 N–H and O–H groups in total. The molecule has 0 bridgehead atoms. The van der Waals surface area contributed by atoms with E-state index < -0.39 is 5.97 Å². The Balaban J connectivity index is 2.39. The molecule has 1 saturated heterocycles. The number of nitrogens with zero attached hydrogens (tertiary/aromatic N) is 1. The third-order valence-corrected chi connectivity index (χ3v) is 3.85. The summed E-state index contributed by atoms with van der Waals surface area (Å²) in [5.41, 5.74) is 7.53. The third-order valence-electron chi connectivity index (χ3n) is 3.85. The van der Waals surface area contributed by atoms with Crippen molar-refractivity contribution >= 4 is 23.3 Å². The van der Waals surface area contributed by atoms with E-state index in [4.69, 9.17) is 10.5 Å². The number of nitrogen functional groups attached to an aromatic ring is 1. The van der Waals surface area contributed by atoms with E-state index in [1.807, 2.05) is 11.0 Å². The fraction of sp³-hybridized carbons (Fsp3) is 0.467. The Morgan fingerprint density at radius 3 is 2.81 bits per heavy atom. The number of hydrogen-bond acceptors (Lipinski definition) is 5. The number of anilines is 2. The van der Waals surface area contributed by atoms with E-state index in [0.717, 1.165) is 25.8 Å². The van der Waals surface area contributed by atoms with Gasteiger partial charge < -0.3 is 20.7 Å². The number of rotatable bonds is 3. The Bertz CT molecular complexity index is 545. The van der Waals surface area contributed by atoms with Crippen LogP contribution in [0.3, 0.4) is 0 Å². The summed E-state index contributed by atoms with van der Waals surface area (Å²) in [7, 11) is 2.95. The topological polar surface area (TPSA) is 84.7 Å². The van der Waals surface area contributed by atoms with Gasteiger partial charge in [-0.2, -0.15) is 0 Å². The first-order valence-corrected chi connectivity index (χ1v) is 7.05. The van der Waals surface area contributed by atoms with Crippen molar-refractivity contribution < 1.29 is 14.3 Å². The van der Waals surface area contributed by atoms with Crippen LogP contribution in [0.5, 0.6) is 0 Å². The zero-order chi connectivity index (χ0) is 15.4. The summed E-state index contributed by atoms with van der Waals surface area (Å²) in [6.07, 6.45) is 2.78. The monoisotopic (exact) mass is 291 g/mol. The molecule has 0 aromatic heterocycles. The summed E-state index contributed by atoms with van der Waals surface area (Å²) in [5, 5.41) is 2.69. The normalized spacial score (nSPS) is 18.2. The Morgan fingerprint density at radius 1 is 1.38 bits per heavy atom. The number of benzene rings is 1. The second-order valence-electron chi connectivity index (χ2n) is 5.05. The fourth-order valence-corrected chi connectivity index (χ4v) is 2.75. The minimum atomic E-state index is -0.470. The highest BCUT2D eigenvalue weighted by molar-refractivity contribution is 5.99. The van der Waals surface area contributed by atoms with Gasteiger partial charge in [-0.05, 0) is 31.4 Å². The zero-order valence-electron chi connectivity index (χ0n) is 12.4. The summed E-state index contributed by atoms with van der Waals surface area (Å²) < 4.78 is 4.74. The molecule has 21 heavy (non-hydrogen) atoms. The number of ether oxygens (including phenoxy) is 1. The largest absolute Gasteiger partial charge is 0.465 e. The van der Waals surface area contributed by atoms with E-state index in [1.165, 1.54) is 7.11 Å². The van der Waals surface area contributed by atoms with E-state index in [9.17, 15) is 9.59 Å². The van der Waals surface area contributed by atoms with Gasteiger partial charge in [-0.1, -0.05) is 6.07 Å². The van der Waals surface area contributed by atoms with Crippen LogP contribution in [0.2, 0.25) is 0 Å². The van der Waals surface area contributed by atoms with Crippen LogP contribution in [0.4, 0.5) is 11.4 Å². The van der Waals surface area contributed by atoms with Crippen molar-refractivity contribution in [2.24, 2.45) is 0 Å². The quantitative estimate of drug-likeness (QED) is 0.645. The molecule has 1 aromatic rings. The lowest BCUT2D eigenvalue weighted by molar-refractivity contribution is -0.122. The molecule has 1 aromatic carbocycles. The molecule has 0 saturated carbocycles. The maximum atomic E-state index is 12.1. The number of methoxy groups -OCH3 is 1. The van der Waals surface area contributed by atoms with Crippen molar-refractivity contribution in [1.82, 2.24) is 5.32 Å². The lowest BCUT2D eigenvalue weighted by atomic mass is 9.99. The number of amides is 1. The molecule has 1 amide bonds. The van der Waals surface area contributed by atoms with Crippen molar-refractivity contribution in [3.63, 3.8) is 0 Å². The highest BCUT2D eigenvalue weighted by Crippen LogP contribution is 2.32. The summed E-state index contributed by atoms with van der Waals surface area (Å²) in [5.74, 6) is -0.500. The summed E-state index contributed by atoms with van der Waals surface area (Å²) in [6.45, 7) is 0.743. The molecule has 1 aliphatic rings. The minimum absolute atomic E-state index is 0.0300. The minimum Gasteiger partial charge on any atom is -0.465 e.